The average molecular weight is 659 g/mol. The summed E-state index contributed by atoms with van der Waals surface area (Å²) in [5.74, 6) is 0.615. The summed E-state index contributed by atoms with van der Waals surface area (Å²) in [5, 5.41) is 0.819. The van der Waals surface area contributed by atoms with Crippen LogP contribution in [0.4, 0.5) is 0 Å². The van der Waals surface area contributed by atoms with E-state index in [2.05, 4.69) is 43.5 Å². The molecule has 1 aliphatic heterocycles. The van der Waals surface area contributed by atoms with E-state index in [4.69, 9.17) is 37.4 Å². The number of hydrogen-bond acceptors (Lipinski definition) is 5. The normalized spacial score (nSPS) is 14.3. The van der Waals surface area contributed by atoms with Gasteiger partial charge in [-0.15, -0.1) is 0 Å². The van der Waals surface area contributed by atoms with Gasteiger partial charge in [0.05, 0.1) is 22.2 Å². The summed E-state index contributed by atoms with van der Waals surface area (Å²) in [4.78, 5) is 16.7. The molecule has 0 atom stereocenters. The molecule has 0 saturated heterocycles. The van der Waals surface area contributed by atoms with Crippen molar-refractivity contribution in [3.8, 4) is 11.5 Å². The van der Waals surface area contributed by atoms with Gasteiger partial charge in [-0.1, -0.05) is 35.3 Å². The van der Waals surface area contributed by atoms with Gasteiger partial charge in [-0.05, 0) is 98.2 Å². The van der Waals surface area contributed by atoms with Crippen molar-refractivity contribution in [2.24, 2.45) is 4.99 Å². The van der Waals surface area contributed by atoms with Crippen molar-refractivity contribution >= 4 is 79.7 Å². The number of cyclic esters (lactones) is 1. The Labute approximate surface area is 222 Å². The molecule has 33 heavy (non-hydrogen) atoms. The Morgan fingerprint density at radius 1 is 1.12 bits per heavy atom. The quantitative estimate of drug-likeness (QED) is 0.159. The maximum Gasteiger partial charge on any atom is 0.363 e. The van der Waals surface area contributed by atoms with E-state index in [0.29, 0.717) is 43.8 Å². The fraction of sp³-hybridized carbons (Fsp3) is 0.0833. The van der Waals surface area contributed by atoms with E-state index in [1.807, 2.05) is 30.3 Å². The molecule has 0 saturated carbocycles. The van der Waals surface area contributed by atoms with Crippen LogP contribution in [-0.2, 0) is 16.1 Å². The van der Waals surface area contributed by atoms with Crippen molar-refractivity contribution in [1.82, 2.24) is 0 Å². The number of carbonyl (C=O) groups is 1. The number of nitrogens with zero attached hydrogens (tertiary/aromatic N) is 1. The van der Waals surface area contributed by atoms with Crippen LogP contribution in [0.5, 0.6) is 11.5 Å². The van der Waals surface area contributed by atoms with E-state index < -0.39 is 5.97 Å². The largest absolute Gasteiger partial charge is 0.493 e. The van der Waals surface area contributed by atoms with Gasteiger partial charge in [0.1, 0.15) is 6.61 Å². The standard InChI is InChI=1S/C24H15BrCl2INO4/c1-31-21-10-14(8-18(25)22(21)32-12-13-2-5-16(28)6-3-13)9-20-24(30)33-23(29-20)17-7-4-15(26)11-19(17)27/h2-11H,12H2,1H3/b20-9-. The lowest BCUT2D eigenvalue weighted by molar-refractivity contribution is -0.129. The molecule has 0 N–H and O–H groups in total. The first-order chi connectivity index (χ1) is 15.8. The summed E-state index contributed by atoms with van der Waals surface area (Å²) in [6.07, 6.45) is 1.61. The number of carbonyl (C=O) groups excluding carboxylic acids is 1. The first-order valence-electron chi connectivity index (χ1n) is 9.57. The minimum atomic E-state index is -0.579. The summed E-state index contributed by atoms with van der Waals surface area (Å²) in [7, 11) is 1.55. The lowest BCUT2D eigenvalue weighted by Crippen LogP contribution is -2.05. The smallest absolute Gasteiger partial charge is 0.363 e. The molecule has 0 fully saturated rings. The van der Waals surface area contributed by atoms with Gasteiger partial charge in [0.15, 0.2) is 17.2 Å². The van der Waals surface area contributed by atoms with Crippen LogP contribution >= 0.6 is 61.7 Å². The second-order valence-corrected chi connectivity index (χ2v) is 9.85. The predicted octanol–water partition coefficient (Wildman–Crippen LogP) is 7.29. The Bertz CT molecular complexity index is 1290. The van der Waals surface area contributed by atoms with Crippen molar-refractivity contribution in [1.29, 1.82) is 0 Å². The zero-order chi connectivity index (χ0) is 23.5. The maximum atomic E-state index is 12.4. The van der Waals surface area contributed by atoms with Crippen molar-refractivity contribution in [2.45, 2.75) is 6.61 Å². The highest BCUT2D eigenvalue weighted by Crippen LogP contribution is 2.38. The molecule has 0 unspecified atom stereocenters. The molecule has 0 bridgehead atoms. The molecule has 3 aromatic carbocycles. The number of ether oxygens (including phenoxy) is 3. The van der Waals surface area contributed by atoms with Crippen LogP contribution in [0.3, 0.4) is 0 Å². The molecule has 0 radical (unpaired) electrons. The zero-order valence-electron chi connectivity index (χ0n) is 17.1. The molecule has 5 nitrogen and oxygen atoms in total. The SMILES string of the molecule is COc1cc(/C=C2\N=C(c3ccc(Cl)cc3Cl)OC2=O)cc(Br)c1OCc1ccc(I)cc1. The number of rotatable bonds is 6. The molecule has 1 heterocycles. The number of halogens is 4. The highest BCUT2D eigenvalue weighted by Gasteiger charge is 2.26. The lowest BCUT2D eigenvalue weighted by Gasteiger charge is -2.14. The summed E-state index contributed by atoms with van der Waals surface area (Å²) in [5.41, 5.74) is 2.33. The van der Waals surface area contributed by atoms with Gasteiger partial charge in [-0.3, -0.25) is 0 Å². The fourth-order valence-corrected chi connectivity index (χ4v) is 4.47. The second kappa shape index (κ2) is 10.5. The third-order valence-corrected chi connectivity index (χ3v) is 6.49. The molecule has 0 aromatic heterocycles. The minimum absolute atomic E-state index is 0.122. The van der Waals surface area contributed by atoms with Crippen LogP contribution in [-0.4, -0.2) is 19.0 Å². The van der Waals surface area contributed by atoms with Crippen LogP contribution in [0.2, 0.25) is 10.0 Å². The molecule has 168 valence electrons. The first-order valence-corrected chi connectivity index (χ1v) is 12.2. The Morgan fingerprint density at radius 2 is 1.88 bits per heavy atom. The monoisotopic (exact) mass is 657 g/mol. The average Bonchev–Trinajstić information content (AvgIpc) is 3.13. The minimum Gasteiger partial charge on any atom is -0.493 e. The molecule has 0 spiro atoms. The van der Waals surface area contributed by atoms with Crippen LogP contribution in [0.15, 0.2) is 69.8 Å². The van der Waals surface area contributed by atoms with E-state index in [9.17, 15) is 4.79 Å². The highest BCUT2D eigenvalue weighted by atomic mass is 127. The van der Waals surface area contributed by atoms with Gasteiger partial charge in [0.2, 0.25) is 5.90 Å². The topological polar surface area (TPSA) is 57.1 Å². The molecule has 0 amide bonds. The van der Waals surface area contributed by atoms with Crippen molar-refractivity contribution < 1.29 is 19.0 Å². The zero-order valence-corrected chi connectivity index (χ0v) is 22.3. The van der Waals surface area contributed by atoms with E-state index in [0.717, 1.165) is 9.13 Å². The number of esters is 1. The van der Waals surface area contributed by atoms with Crippen molar-refractivity contribution in [3.05, 3.63) is 95.1 Å². The van der Waals surface area contributed by atoms with Gasteiger partial charge in [-0.25, -0.2) is 9.79 Å². The number of aliphatic imine (C=N–C) groups is 1. The number of methoxy groups -OCH3 is 1. The molecule has 0 aliphatic carbocycles. The highest BCUT2D eigenvalue weighted by molar-refractivity contribution is 14.1. The van der Waals surface area contributed by atoms with Gasteiger partial charge < -0.3 is 14.2 Å². The Hall–Kier alpha value is -2.07. The van der Waals surface area contributed by atoms with E-state index >= 15 is 0 Å². The number of benzene rings is 3. The Kier molecular flexibility index (Phi) is 7.63. The van der Waals surface area contributed by atoms with E-state index in [1.54, 1.807) is 37.5 Å². The second-order valence-electron chi connectivity index (χ2n) is 6.91. The summed E-state index contributed by atoms with van der Waals surface area (Å²) in [6, 6.07) is 16.5. The van der Waals surface area contributed by atoms with Crippen molar-refractivity contribution in [3.63, 3.8) is 0 Å². The molecular formula is C24H15BrCl2INO4. The molecule has 4 rings (SSSR count). The van der Waals surface area contributed by atoms with E-state index in [1.165, 1.54) is 0 Å². The summed E-state index contributed by atoms with van der Waals surface area (Å²) in [6.45, 7) is 0.383. The molecule has 9 heteroatoms. The van der Waals surface area contributed by atoms with Crippen LogP contribution in [0, 0.1) is 3.57 Å². The van der Waals surface area contributed by atoms with Crippen LogP contribution < -0.4 is 9.47 Å². The molecular weight excluding hydrogens is 644 g/mol. The summed E-state index contributed by atoms with van der Waals surface area (Å²) >= 11 is 17.9. The van der Waals surface area contributed by atoms with Gasteiger partial charge in [0, 0.05) is 8.59 Å². The molecule has 3 aromatic rings. The first kappa shape index (κ1) is 24.1. The Balaban J connectivity index is 1.60. The van der Waals surface area contributed by atoms with Crippen LogP contribution in [0.25, 0.3) is 6.08 Å². The van der Waals surface area contributed by atoms with Crippen molar-refractivity contribution in [2.75, 3.05) is 7.11 Å². The van der Waals surface area contributed by atoms with Gasteiger partial charge in [0.25, 0.3) is 0 Å². The summed E-state index contributed by atoms with van der Waals surface area (Å²) < 4.78 is 18.6. The third-order valence-electron chi connectivity index (χ3n) is 4.63. The maximum absolute atomic E-state index is 12.4. The van der Waals surface area contributed by atoms with Gasteiger partial charge >= 0.3 is 5.97 Å². The van der Waals surface area contributed by atoms with Crippen LogP contribution in [0.1, 0.15) is 16.7 Å². The third kappa shape index (κ3) is 5.71. The van der Waals surface area contributed by atoms with E-state index in [-0.39, 0.29) is 11.6 Å². The molecule has 1 aliphatic rings. The predicted molar refractivity (Wildman–Crippen MR) is 141 cm³/mol. The number of hydrogen-bond donors (Lipinski definition) is 0. The van der Waals surface area contributed by atoms with Gasteiger partial charge in [-0.2, -0.15) is 0 Å². The fourth-order valence-electron chi connectivity index (χ4n) is 3.04. The Morgan fingerprint density at radius 3 is 2.58 bits per heavy atom. The lowest BCUT2D eigenvalue weighted by atomic mass is 10.1.